The quantitative estimate of drug-likeness (QED) is 0.901. The largest absolute Gasteiger partial charge is 0.378 e. The van der Waals surface area contributed by atoms with Crippen molar-refractivity contribution in [1.29, 1.82) is 0 Å². The molecule has 2 rings (SSSR count). The van der Waals surface area contributed by atoms with E-state index in [1.165, 1.54) is 11.3 Å². The molecular formula is C16H23N5OS. The van der Waals surface area contributed by atoms with Crippen LogP contribution in [0, 0.1) is 0 Å². The summed E-state index contributed by atoms with van der Waals surface area (Å²) in [5, 5.41) is 15.1. The van der Waals surface area contributed by atoms with Gasteiger partial charge in [-0.05, 0) is 17.7 Å². The molecule has 0 aliphatic heterocycles. The standard InChI is InChI=1S/C16H23N5OS/c1-16(2,3)13-19-20-15(23-13)18-14(22)17-10-11-6-8-12(9-7-11)21(4)5/h6-9H,10H2,1-5H3,(H2,17,18,20,22). The number of anilines is 2. The van der Waals surface area contributed by atoms with Gasteiger partial charge in [0.25, 0.3) is 0 Å². The first-order valence-corrected chi connectivity index (χ1v) is 8.22. The molecule has 0 radical (unpaired) electrons. The van der Waals surface area contributed by atoms with Gasteiger partial charge < -0.3 is 10.2 Å². The van der Waals surface area contributed by atoms with E-state index in [9.17, 15) is 4.79 Å². The Morgan fingerprint density at radius 1 is 1.17 bits per heavy atom. The number of aromatic nitrogens is 2. The second-order valence-corrected chi connectivity index (χ2v) is 7.51. The van der Waals surface area contributed by atoms with Gasteiger partial charge in [0.15, 0.2) is 0 Å². The van der Waals surface area contributed by atoms with Gasteiger partial charge in [-0.25, -0.2) is 4.79 Å². The Hall–Kier alpha value is -2.15. The molecule has 23 heavy (non-hydrogen) atoms. The fourth-order valence-electron chi connectivity index (χ4n) is 1.81. The number of nitrogens with one attached hydrogen (secondary N) is 2. The SMILES string of the molecule is CN(C)c1ccc(CNC(=O)Nc2nnc(C(C)(C)C)s2)cc1. The number of carbonyl (C=O) groups excluding carboxylic acids is 1. The van der Waals surface area contributed by atoms with Crippen LogP contribution in [0.2, 0.25) is 0 Å². The summed E-state index contributed by atoms with van der Waals surface area (Å²) in [6, 6.07) is 7.76. The average Bonchev–Trinajstić information content (AvgIpc) is 2.94. The van der Waals surface area contributed by atoms with E-state index in [4.69, 9.17) is 0 Å². The van der Waals surface area contributed by atoms with Crippen molar-refractivity contribution in [3.05, 3.63) is 34.8 Å². The molecule has 0 atom stereocenters. The first kappa shape index (κ1) is 17.2. The van der Waals surface area contributed by atoms with E-state index >= 15 is 0 Å². The highest BCUT2D eigenvalue weighted by atomic mass is 32.1. The Morgan fingerprint density at radius 3 is 2.35 bits per heavy atom. The summed E-state index contributed by atoms with van der Waals surface area (Å²) in [7, 11) is 3.99. The van der Waals surface area contributed by atoms with Crippen molar-refractivity contribution < 1.29 is 4.79 Å². The van der Waals surface area contributed by atoms with Gasteiger partial charge in [-0.2, -0.15) is 0 Å². The van der Waals surface area contributed by atoms with Gasteiger partial charge in [-0.15, -0.1) is 10.2 Å². The summed E-state index contributed by atoms with van der Waals surface area (Å²) in [4.78, 5) is 14.0. The highest BCUT2D eigenvalue weighted by molar-refractivity contribution is 7.15. The maximum absolute atomic E-state index is 11.9. The number of carbonyl (C=O) groups is 1. The molecule has 0 aliphatic carbocycles. The topological polar surface area (TPSA) is 70.2 Å². The van der Waals surface area contributed by atoms with Crippen LogP contribution in [0.5, 0.6) is 0 Å². The highest BCUT2D eigenvalue weighted by Crippen LogP contribution is 2.27. The molecule has 6 nitrogen and oxygen atoms in total. The average molecular weight is 333 g/mol. The Bertz CT molecular complexity index is 658. The van der Waals surface area contributed by atoms with Crippen LogP contribution in [-0.4, -0.2) is 30.3 Å². The molecule has 0 spiro atoms. The summed E-state index contributed by atoms with van der Waals surface area (Å²) in [6.07, 6.45) is 0. The fourth-order valence-corrected chi connectivity index (χ4v) is 2.61. The zero-order chi connectivity index (χ0) is 17.0. The third kappa shape index (κ3) is 4.92. The lowest BCUT2D eigenvalue weighted by molar-refractivity contribution is 0.251. The number of hydrogen-bond acceptors (Lipinski definition) is 5. The third-order valence-electron chi connectivity index (χ3n) is 3.19. The van der Waals surface area contributed by atoms with Crippen LogP contribution in [0.3, 0.4) is 0 Å². The van der Waals surface area contributed by atoms with Crippen molar-refractivity contribution in [1.82, 2.24) is 15.5 Å². The Morgan fingerprint density at radius 2 is 1.83 bits per heavy atom. The van der Waals surface area contributed by atoms with Crippen LogP contribution >= 0.6 is 11.3 Å². The maximum atomic E-state index is 11.9. The Labute approximate surface area is 140 Å². The molecule has 0 aliphatic rings. The first-order valence-electron chi connectivity index (χ1n) is 7.41. The molecular weight excluding hydrogens is 310 g/mol. The first-order chi connectivity index (χ1) is 10.8. The van der Waals surface area contributed by atoms with Crippen LogP contribution in [0.25, 0.3) is 0 Å². The molecule has 1 aromatic carbocycles. The molecule has 0 saturated carbocycles. The van der Waals surface area contributed by atoms with E-state index in [-0.39, 0.29) is 11.4 Å². The van der Waals surface area contributed by atoms with Crippen molar-refractivity contribution in [3.63, 3.8) is 0 Å². The number of hydrogen-bond donors (Lipinski definition) is 2. The van der Waals surface area contributed by atoms with E-state index in [1.54, 1.807) is 0 Å². The molecule has 0 unspecified atom stereocenters. The minimum atomic E-state index is -0.279. The van der Waals surface area contributed by atoms with Crippen molar-refractivity contribution in [3.8, 4) is 0 Å². The molecule has 0 bridgehead atoms. The van der Waals surface area contributed by atoms with Gasteiger partial charge in [0.05, 0.1) is 0 Å². The Balaban J connectivity index is 1.86. The third-order valence-corrected chi connectivity index (χ3v) is 4.46. The summed E-state index contributed by atoms with van der Waals surface area (Å²) < 4.78 is 0. The Kier molecular flexibility index (Phi) is 5.20. The van der Waals surface area contributed by atoms with Gasteiger partial charge in [0.1, 0.15) is 5.01 Å². The minimum absolute atomic E-state index is 0.0672. The molecule has 124 valence electrons. The normalized spacial score (nSPS) is 11.2. The number of urea groups is 1. The molecule has 2 amide bonds. The lowest BCUT2D eigenvalue weighted by atomic mass is 9.98. The lowest BCUT2D eigenvalue weighted by Gasteiger charge is -2.13. The maximum Gasteiger partial charge on any atom is 0.321 e. The van der Waals surface area contributed by atoms with Gasteiger partial charge in [0, 0.05) is 31.7 Å². The smallest absolute Gasteiger partial charge is 0.321 e. The molecule has 0 saturated heterocycles. The van der Waals surface area contributed by atoms with Gasteiger partial charge in [-0.1, -0.05) is 44.2 Å². The summed E-state index contributed by atoms with van der Waals surface area (Å²) >= 11 is 1.40. The van der Waals surface area contributed by atoms with Gasteiger partial charge >= 0.3 is 6.03 Å². The zero-order valence-electron chi connectivity index (χ0n) is 14.2. The monoisotopic (exact) mass is 333 g/mol. The number of benzene rings is 1. The van der Waals surface area contributed by atoms with Crippen molar-refractivity contribution >= 4 is 28.2 Å². The van der Waals surface area contributed by atoms with E-state index in [0.717, 1.165) is 16.3 Å². The van der Waals surface area contributed by atoms with Crippen LogP contribution < -0.4 is 15.5 Å². The van der Waals surface area contributed by atoms with Crippen LogP contribution in [0.15, 0.2) is 24.3 Å². The van der Waals surface area contributed by atoms with E-state index in [2.05, 4.69) is 41.6 Å². The molecule has 2 N–H and O–H groups in total. The van der Waals surface area contributed by atoms with Crippen LogP contribution in [0.1, 0.15) is 31.3 Å². The second-order valence-electron chi connectivity index (χ2n) is 6.53. The van der Waals surface area contributed by atoms with Crippen molar-refractivity contribution in [2.24, 2.45) is 0 Å². The summed E-state index contributed by atoms with van der Waals surface area (Å²) in [5.74, 6) is 0. The molecule has 0 fully saturated rings. The molecule has 1 heterocycles. The summed E-state index contributed by atoms with van der Waals surface area (Å²) in [5.41, 5.74) is 2.10. The van der Waals surface area contributed by atoms with Crippen molar-refractivity contribution in [2.75, 3.05) is 24.3 Å². The second kappa shape index (κ2) is 6.95. The zero-order valence-corrected chi connectivity index (χ0v) is 15.0. The van der Waals surface area contributed by atoms with E-state index in [1.807, 2.05) is 43.3 Å². The van der Waals surface area contributed by atoms with Crippen molar-refractivity contribution in [2.45, 2.75) is 32.7 Å². The minimum Gasteiger partial charge on any atom is -0.378 e. The molecule has 1 aromatic heterocycles. The number of amides is 2. The van der Waals surface area contributed by atoms with Gasteiger partial charge in [-0.3, -0.25) is 5.32 Å². The highest BCUT2D eigenvalue weighted by Gasteiger charge is 2.19. The predicted molar refractivity (Wildman–Crippen MR) is 95.2 cm³/mol. The van der Waals surface area contributed by atoms with E-state index < -0.39 is 0 Å². The summed E-state index contributed by atoms with van der Waals surface area (Å²) in [6.45, 7) is 6.66. The van der Waals surface area contributed by atoms with Gasteiger partial charge in [0.2, 0.25) is 5.13 Å². The predicted octanol–water partition coefficient (Wildman–Crippen LogP) is 3.22. The molecule has 2 aromatic rings. The molecule has 7 heteroatoms. The lowest BCUT2D eigenvalue weighted by Crippen LogP contribution is -2.28. The number of nitrogens with zero attached hydrogens (tertiary/aromatic N) is 3. The van der Waals surface area contributed by atoms with Crippen LogP contribution in [-0.2, 0) is 12.0 Å². The van der Waals surface area contributed by atoms with E-state index in [0.29, 0.717) is 11.7 Å². The fraction of sp³-hybridized carbons (Fsp3) is 0.438. The number of rotatable bonds is 4. The van der Waals surface area contributed by atoms with Crippen LogP contribution in [0.4, 0.5) is 15.6 Å².